The summed E-state index contributed by atoms with van der Waals surface area (Å²) >= 11 is 0. The summed E-state index contributed by atoms with van der Waals surface area (Å²) in [6.07, 6.45) is 2.33. The number of nitrogens with one attached hydrogen (secondary N) is 2. The first kappa shape index (κ1) is 28.5. The Hall–Kier alpha value is -1.55. The Morgan fingerprint density at radius 2 is 1.75 bits per heavy atom. The molecule has 7 nitrogen and oxygen atoms in total. The van der Waals surface area contributed by atoms with E-state index in [4.69, 9.17) is 14.5 Å². The Bertz CT molecular complexity index is 687. The number of aliphatic imine (C=N–C) groups is 1. The van der Waals surface area contributed by atoms with Gasteiger partial charge in [-0.2, -0.15) is 0 Å². The van der Waals surface area contributed by atoms with Gasteiger partial charge in [-0.1, -0.05) is 12.1 Å². The second-order valence-corrected chi connectivity index (χ2v) is 7.79. The lowest BCUT2D eigenvalue weighted by molar-refractivity contribution is -0.130. The molecule has 2 rings (SSSR count). The number of hydrogen-bond acceptors (Lipinski definition) is 4. The van der Waals surface area contributed by atoms with E-state index in [9.17, 15) is 4.79 Å². The molecule has 32 heavy (non-hydrogen) atoms. The third-order valence-corrected chi connectivity index (χ3v) is 5.86. The molecule has 8 heteroatoms. The van der Waals surface area contributed by atoms with Gasteiger partial charge in [0.25, 0.3) is 0 Å². The number of rotatable bonds is 11. The number of benzene rings is 1. The monoisotopic (exact) mass is 560 g/mol. The van der Waals surface area contributed by atoms with Crippen molar-refractivity contribution in [2.24, 2.45) is 4.99 Å². The normalized spacial score (nSPS) is 15.4. The summed E-state index contributed by atoms with van der Waals surface area (Å²) in [6.45, 7) is 13.7. The van der Waals surface area contributed by atoms with E-state index in [0.717, 1.165) is 57.4 Å². The van der Waals surface area contributed by atoms with Gasteiger partial charge in [-0.3, -0.25) is 9.79 Å². The minimum absolute atomic E-state index is 0. The van der Waals surface area contributed by atoms with E-state index in [1.807, 2.05) is 37.8 Å². The molecule has 0 spiro atoms. The molecule has 1 aromatic carbocycles. The number of carbonyl (C=O) groups excluding carboxylic acids is 1. The zero-order valence-corrected chi connectivity index (χ0v) is 22.4. The third-order valence-electron chi connectivity index (χ3n) is 5.86. The molecular formula is C24H41IN4O3. The molecule has 0 bridgehead atoms. The predicted molar refractivity (Wildman–Crippen MR) is 141 cm³/mol. The first-order chi connectivity index (χ1) is 15.1. The van der Waals surface area contributed by atoms with Crippen molar-refractivity contribution in [3.63, 3.8) is 0 Å². The van der Waals surface area contributed by atoms with Crippen LogP contribution in [0.4, 0.5) is 0 Å². The van der Waals surface area contributed by atoms with Gasteiger partial charge in [-0.25, -0.2) is 0 Å². The Balaban J connectivity index is 0.00000512. The third kappa shape index (κ3) is 8.42. The summed E-state index contributed by atoms with van der Waals surface area (Å²) in [7, 11) is 0. The summed E-state index contributed by atoms with van der Waals surface area (Å²) in [6, 6.07) is 8.41. The molecule has 1 heterocycles. The van der Waals surface area contributed by atoms with Crippen LogP contribution >= 0.6 is 24.0 Å². The van der Waals surface area contributed by atoms with Crippen molar-refractivity contribution in [2.45, 2.75) is 52.4 Å². The number of halogens is 1. The van der Waals surface area contributed by atoms with Crippen LogP contribution in [0.25, 0.3) is 0 Å². The molecule has 2 N–H and O–H groups in total. The highest BCUT2D eigenvalue weighted by Crippen LogP contribution is 2.36. The van der Waals surface area contributed by atoms with E-state index in [0.29, 0.717) is 26.1 Å². The van der Waals surface area contributed by atoms with Crippen molar-refractivity contribution in [1.29, 1.82) is 0 Å². The first-order valence-corrected chi connectivity index (χ1v) is 11.7. The van der Waals surface area contributed by atoms with Crippen molar-refractivity contribution < 1.29 is 14.3 Å². The number of ether oxygens (including phenoxy) is 2. The van der Waals surface area contributed by atoms with Crippen LogP contribution in [0.5, 0.6) is 5.75 Å². The molecule has 1 aliphatic rings. The van der Waals surface area contributed by atoms with Crippen LogP contribution in [0.2, 0.25) is 0 Å². The molecule has 0 unspecified atom stereocenters. The zero-order valence-electron chi connectivity index (χ0n) is 20.1. The summed E-state index contributed by atoms with van der Waals surface area (Å²) in [5, 5.41) is 6.64. The Morgan fingerprint density at radius 3 is 2.31 bits per heavy atom. The summed E-state index contributed by atoms with van der Waals surface area (Å²) in [5.74, 6) is 1.82. The zero-order chi connectivity index (χ0) is 22.5. The van der Waals surface area contributed by atoms with E-state index >= 15 is 0 Å². The van der Waals surface area contributed by atoms with Crippen LogP contribution < -0.4 is 15.4 Å². The number of carbonyl (C=O) groups is 1. The van der Waals surface area contributed by atoms with E-state index in [2.05, 4.69) is 29.7 Å². The standard InChI is InChI=1S/C24H40N4O3.HI/c1-5-25-23(26-16-13-22(29)28(6-2)7-3)27-19-24(14-17-30-18-15-24)20-9-11-21(12-10-20)31-8-4;/h9-12H,5-8,13-19H2,1-4H3,(H2,25,26,27);1H. The van der Waals surface area contributed by atoms with Gasteiger partial charge in [-0.05, 0) is 58.2 Å². The van der Waals surface area contributed by atoms with Gasteiger partial charge in [-0.15, -0.1) is 24.0 Å². The van der Waals surface area contributed by atoms with Crippen molar-refractivity contribution >= 4 is 35.8 Å². The average molecular weight is 561 g/mol. The van der Waals surface area contributed by atoms with Gasteiger partial charge in [0.15, 0.2) is 5.96 Å². The van der Waals surface area contributed by atoms with Crippen molar-refractivity contribution in [1.82, 2.24) is 15.5 Å². The van der Waals surface area contributed by atoms with Gasteiger partial charge >= 0.3 is 0 Å². The second-order valence-electron chi connectivity index (χ2n) is 7.79. The fourth-order valence-corrected chi connectivity index (χ4v) is 3.97. The largest absolute Gasteiger partial charge is 0.494 e. The minimum atomic E-state index is -0.0532. The summed E-state index contributed by atoms with van der Waals surface area (Å²) in [4.78, 5) is 19.0. The highest BCUT2D eigenvalue weighted by Gasteiger charge is 2.34. The number of hydrogen-bond donors (Lipinski definition) is 2. The summed E-state index contributed by atoms with van der Waals surface area (Å²) < 4.78 is 11.3. The lowest BCUT2D eigenvalue weighted by Gasteiger charge is -2.36. The van der Waals surface area contributed by atoms with Crippen LogP contribution in [0.3, 0.4) is 0 Å². The smallest absolute Gasteiger partial charge is 0.224 e. The van der Waals surface area contributed by atoms with Crippen LogP contribution in [0.15, 0.2) is 29.3 Å². The fraction of sp³-hybridized carbons (Fsp3) is 0.667. The maximum atomic E-state index is 12.3. The van der Waals surface area contributed by atoms with E-state index in [-0.39, 0.29) is 35.3 Å². The van der Waals surface area contributed by atoms with Gasteiger partial charge in [0.1, 0.15) is 5.75 Å². The maximum absolute atomic E-state index is 12.3. The number of nitrogens with zero attached hydrogens (tertiary/aromatic N) is 2. The molecule has 1 fully saturated rings. The average Bonchev–Trinajstić information content (AvgIpc) is 2.79. The van der Waals surface area contributed by atoms with E-state index < -0.39 is 0 Å². The molecule has 0 radical (unpaired) electrons. The highest BCUT2D eigenvalue weighted by atomic mass is 127. The molecule has 1 aromatic rings. The topological polar surface area (TPSA) is 75.2 Å². The predicted octanol–water partition coefficient (Wildman–Crippen LogP) is 3.57. The Labute approximate surface area is 210 Å². The minimum Gasteiger partial charge on any atom is -0.494 e. The molecular weight excluding hydrogens is 519 g/mol. The highest BCUT2D eigenvalue weighted by molar-refractivity contribution is 14.0. The SMILES string of the molecule is CCNC(=NCC1(c2ccc(OCC)cc2)CCOCC1)NCCC(=O)N(CC)CC.I. The van der Waals surface area contributed by atoms with Crippen LogP contribution in [-0.2, 0) is 14.9 Å². The molecule has 0 saturated carbocycles. The molecule has 0 atom stereocenters. The number of amides is 1. The van der Waals surface area contributed by atoms with E-state index in [1.54, 1.807) is 0 Å². The quantitative estimate of drug-likeness (QED) is 0.246. The first-order valence-electron chi connectivity index (χ1n) is 11.7. The molecule has 1 saturated heterocycles. The number of guanidine groups is 1. The van der Waals surface area contributed by atoms with E-state index in [1.165, 1.54) is 5.56 Å². The molecule has 0 aromatic heterocycles. The van der Waals surface area contributed by atoms with Crippen LogP contribution in [0.1, 0.15) is 52.5 Å². The van der Waals surface area contributed by atoms with Gasteiger partial charge < -0.3 is 25.0 Å². The second kappa shape index (κ2) is 15.3. The lowest BCUT2D eigenvalue weighted by atomic mass is 9.74. The Morgan fingerprint density at radius 1 is 1.09 bits per heavy atom. The van der Waals surface area contributed by atoms with Crippen LogP contribution in [-0.4, -0.2) is 69.3 Å². The molecule has 182 valence electrons. The Kier molecular flexibility index (Phi) is 13.6. The van der Waals surface area contributed by atoms with Crippen molar-refractivity contribution in [3.8, 4) is 5.75 Å². The maximum Gasteiger partial charge on any atom is 0.224 e. The molecule has 1 aliphatic heterocycles. The van der Waals surface area contributed by atoms with Crippen LogP contribution in [0, 0.1) is 0 Å². The fourth-order valence-electron chi connectivity index (χ4n) is 3.97. The summed E-state index contributed by atoms with van der Waals surface area (Å²) in [5.41, 5.74) is 1.22. The van der Waals surface area contributed by atoms with Crippen molar-refractivity contribution in [3.05, 3.63) is 29.8 Å². The van der Waals surface area contributed by atoms with Gasteiger partial charge in [0, 0.05) is 51.2 Å². The molecule has 1 amide bonds. The lowest BCUT2D eigenvalue weighted by Crippen LogP contribution is -2.42. The van der Waals surface area contributed by atoms with Crippen molar-refractivity contribution in [2.75, 3.05) is 52.5 Å². The molecule has 0 aliphatic carbocycles. The van der Waals surface area contributed by atoms with Gasteiger partial charge in [0.2, 0.25) is 5.91 Å². The van der Waals surface area contributed by atoms with Gasteiger partial charge in [0.05, 0.1) is 13.2 Å².